The molecule has 2 atom stereocenters. The molecule has 2 bridgehead atoms. The van der Waals surface area contributed by atoms with Gasteiger partial charge in [0.1, 0.15) is 0 Å². The van der Waals surface area contributed by atoms with E-state index < -0.39 is 10.0 Å². The van der Waals surface area contributed by atoms with Crippen LogP contribution in [0.4, 0.5) is 5.69 Å². The minimum absolute atomic E-state index is 0.0240. The van der Waals surface area contributed by atoms with E-state index in [9.17, 15) is 22.8 Å². The molecule has 8 nitrogen and oxygen atoms in total. The zero-order valence-corrected chi connectivity index (χ0v) is 22.4. The molecule has 0 aliphatic carbocycles. The van der Waals surface area contributed by atoms with Crippen LogP contribution >= 0.6 is 0 Å². The van der Waals surface area contributed by atoms with Gasteiger partial charge in [-0.05, 0) is 54.8 Å². The number of fused-ring (bicyclic) bond motifs is 4. The second kappa shape index (κ2) is 10.3. The third kappa shape index (κ3) is 4.89. The van der Waals surface area contributed by atoms with E-state index >= 15 is 0 Å². The molecule has 0 spiro atoms. The lowest BCUT2D eigenvalue weighted by atomic mass is 9.84. The Morgan fingerprint density at radius 3 is 2.12 bits per heavy atom. The van der Waals surface area contributed by atoms with Crippen molar-refractivity contribution in [3.05, 3.63) is 130 Å². The fourth-order valence-corrected chi connectivity index (χ4v) is 7.20. The third-order valence-electron chi connectivity index (χ3n) is 7.64. The van der Waals surface area contributed by atoms with Crippen molar-refractivity contribution in [2.75, 3.05) is 18.4 Å². The van der Waals surface area contributed by atoms with Gasteiger partial charge < -0.3 is 9.88 Å². The fraction of sp³-hybridized carbons (Fsp3) is 0.194. The first-order chi connectivity index (χ1) is 19.3. The number of hydrogen-bond donors (Lipinski definition) is 1. The van der Waals surface area contributed by atoms with Gasteiger partial charge in [0.2, 0.25) is 10.0 Å². The third-order valence-corrected chi connectivity index (χ3v) is 9.49. The molecule has 9 heteroatoms. The van der Waals surface area contributed by atoms with E-state index in [1.807, 2.05) is 12.1 Å². The average Bonchev–Trinajstić information content (AvgIpc) is 2.98. The van der Waals surface area contributed by atoms with E-state index in [0.29, 0.717) is 42.0 Å². The molecule has 202 valence electrons. The van der Waals surface area contributed by atoms with Crippen LogP contribution in [-0.2, 0) is 16.6 Å². The molecule has 1 saturated heterocycles. The smallest absolute Gasteiger partial charge is 0.255 e. The molecule has 3 aromatic carbocycles. The normalized spacial score (nSPS) is 18.5. The van der Waals surface area contributed by atoms with E-state index in [4.69, 9.17) is 0 Å². The summed E-state index contributed by atoms with van der Waals surface area (Å²) in [6.07, 6.45) is 0.863. The summed E-state index contributed by atoms with van der Waals surface area (Å²) >= 11 is 0. The van der Waals surface area contributed by atoms with E-state index in [-0.39, 0.29) is 34.0 Å². The second-order valence-electron chi connectivity index (χ2n) is 10.3. The lowest BCUT2D eigenvalue weighted by Gasteiger charge is -2.42. The maximum Gasteiger partial charge on any atom is 0.255 e. The summed E-state index contributed by atoms with van der Waals surface area (Å²) in [4.78, 5) is 37.8. The number of aromatic nitrogens is 1. The van der Waals surface area contributed by atoms with Crippen molar-refractivity contribution < 1.29 is 18.0 Å². The molecule has 2 aliphatic rings. The number of benzene rings is 3. The van der Waals surface area contributed by atoms with E-state index in [1.54, 1.807) is 77.4 Å². The van der Waals surface area contributed by atoms with Gasteiger partial charge in [0, 0.05) is 59.7 Å². The van der Waals surface area contributed by atoms with Gasteiger partial charge in [-0.25, -0.2) is 8.42 Å². The van der Waals surface area contributed by atoms with E-state index in [1.165, 1.54) is 16.4 Å². The van der Waals surface area contributed by atoms with Crippen molar-refractivity contribution in [3.63, 3.8) is 0 Å². The maximum absolute atomic E-state index is 13.5. The number of rotatable bonds is 6. The Kier molecular flexibility index (Phi) is 6.69. The van der Waals surface area contributed by atoms with Crippen molar-refractivity contribution in [3.8, 4) is 0 Å². The summed E-state index contributed by atoms with van der Waals surface area (Å²) < 4.78 is 30.3. The first-order valence-corrected chi connectivity index (χ1v) is 14.5. The predicted octanol–water partition coefficient (Wildman–Crippen LogP) is 4.14. The Morgan fingerprint density at radius 1 is 0.725 bits per heavy atom. The number of amides is 1. The highest BCUT2D eigenvalue weighted by Crippen LogP contribution is 2.37. The molecule has 6 rings (SSSR count). The Hall–Kier alpha value is -4.34. The molecule has 2 unspecified atom stereocenters. The molecular weight excluding hydrogens is 526 g/mol. The number of anilines is 1. The molecular formula is C31H27N3O5S. The van der Waals surface area contributed by atoms with Crippen LogP contribution in [0.2, 0.25) is 0 Å². The molecule has 3 heterocycles. The van der Waals surface area contributed by atoms with Crippen LogP contribution in [0.1, 0.15) is 44.3 Å². The molecule has 4 aromatic rings. The van der Waals surface area contributed by atoms with Crippen LogP contribution in [0.3, 0.4) is 0 Å². The number of carbonyl (C=O) groups excluding carboxylic acids is 2. The van der Waals surface area contributed by atoms with Crippen LogP contribution < -0.4 is 10.9 Å². The summed E-state index contributed by atoms with van der Waals surface area (Å²) in [7, 11) is -3.75. The lowest BCUT2D eigenvalue weighted by molar-refractivity contribution is 0.102. The minimum Gasteiger partial charge on any atom is -0.322 e. The number of nitrogens with zero attached hydrogens (tertiary/aromatic N) is 2. The monoisotopic (exact) mass is 553 g/mol. The number of ketones is 1. The van der Waals surface area contributed by atoms with Gasteiger partial charge in [-0.1, -0.05) is 48.5 Å². The molecule has 40 heavy (non-hydrogen) atoms. The zero-order valence-electron chi connectivity index (χ0n) is 21.6. The number of nitrogens with one attached hydrogen (secondary N) is 1. The zero-order chi connectivity index (χ0) is 27.9. The number of pyridine rings is 1. The van der Waals surface area contributed by atoms with Gasteiger partial charge in [-0.2, -0.15) is 4.31 Å². The maximum atomic E-state index is 13.5. The quantitative estimate of drug-likeness (QED) is 0.362. The molecule has 1 aromatic heterocycles. The minimum atomic E-state index is -3.75. The Balaban J connectivity index is 1.13. The molecule has 1 N–H and O–H groups in total. The largest absolute Gasteiger partial charge is 0.322 e. The summed E-state index contributed by atoms with van der Waals surface area (Å²) in [6, 6.07) is 26.6. The first-order valence-electron chi connectivity index (χ1n) is 13.1. The molecule has 0 saturated carbocycles. The summed E-state index contributed by atoms with van der Waals surface area (Å²) in [5.74, 6) is -0.440. The van der Waals surface area contributed by atoms with Crippen LogP contribution in [0.25, 0.3) is 0 Å². The topological polar surface area (TPSA) is 106 Å². The van der Waals surface area contributed by atoms with Crippen molar-refractivity contribution in [1.29, 1.82) is 0 Å². The van der Waals surface area contributed by atoms with Crippen LogP contribution in [0.15, 0.2) is 107 Å². The SMILES string of the molecule is O=C(Nc1ccc(S(=O)(=O)N2CC3CC(C2)c2cccc(=O)n2C3)cc1)c1ccc(C(=O)c2ccccc2)cc1. The van der Waals surface area contributed by atoms with Crippen molar-refractivity contribution >= 4 is 27.4 Å². The van der Waals surface area contributed by atoms with Gasteiger partial charge in [0.25, 0.3) is 11.5 Å². The summed E-state index contributed by atoms with van der Waals surface area (Å²) in [5.41, 5.74) is 2.73. The number of sulfonamides is 1. The summed E-state index contributed by atoms with van der Waals surface area (Å²) in [6.45, 7) is 1.20. The van der Waals surface area contributed by atoms with Gasteiger partial charge in [-0.3, -0.25) is 14.4 Å². The van der Waals surface area contributed by atoms with Crippen molar-refractivity contribution in [2.24, 2.45) is 5.92 Å². The van der Waals surface area contributed by atoms with Gasteiger partial charge >= 0.3 is 0 Å². The van der Waals surface area contributed by atoms with Crippen molar-refractivity contribution in [2.45, 2.75) is 23.8 Å². The molecule has 2 aliphatic heterocycles. The molecule has 1 amide bonds. The first kappa shape index (κ1) is 25.9. The fourth-order valence-electron chi connectivity index (χ4n) is 5.64. The van der Waals surface area contributed by atoms with Crippen LogP contribution in [-0.4, -0.2) is 42.1 Å². The van der Waals surface area contributed by atoms with E-state index in [0.717, 1.165) is 12.1 Å². The summed E-state index contributed by atoms with van der Waals surface area (Å²) in [5, 5.41) is 2.78. The van der Waals surface area contributed by atoms with Gasteiger partial charge in [-0.15, -0.1) is 0 Å². The number of hydrogen-bond acceptors (Lipinski definition) is 5. The molecule has 0 radical (unpaired) electrons. The van der Waals surface area contributed by atoms with Crippen molar-refractivity contribution in [1.82, 2.24) is 8.87 Å². The van der Waals surface area contributed by atoms with Gasteiger partial charge in [0.15, 0.2) is 5.78 Å². The highest BCUT2D eigenvalue weighted by molar-refractivity contribution is 7.89. The van der Waals surface area contributed by atoms with Gasteiger partial charge in [0.05, 0.1) is 4.90 Å². The number of piperidine rings is 1. The Labute approximate surface area is 231 Å². The standard InChI is InChI=1S/C31H27N3O5S/c35-29-8-4-7-28-25-17-21(19-34(28)29)18-33(20-25)40(38,39)27-15-13-26(14-16-27)32-31(37)24-11-9-23(10-12-24)30(36)22-5-2-1-3-6-22/h1-16,21,25H,17-20H2,(H,32,37). The highest BCUT2D eigenvalue weighted by Gasteiger charge is 2.39. The highest BCUT2D eigenvalue weighted by atomic mass is 32.2. The number of carbonyl (C=O) groups is 2. The van der Waals surface area contributed by atoms with Crippen LogP contribution in [0.5, 0.6) is 0 Å². The Bertz CT molecular complexity index is 1750. The predicted molar refractivity (Wildman–Crippen MR) is 151 cm³/mol. The Morgan fingerprint density at radius 2 is 1.40 bits per heavy atom. The van der Waals surface area contributed by atoms with Crippen LogP contribution in [0, 0.1) is 5.92 Å². The lowest BCUT2D eigenvalue weighted by Crippen LogP contribution is -2.48. The average molecular weight is 554 g/mol. The van der Waals surface area contributed by atoms with E-state index in [2.05, 4.69) is 5.32 Å². The molecule has 1 fully saturated rings. The second-order valence-corrected chi connectivity index (χ2v) is 12.2.